The molecule has 1 aromatic carbocycles. The first kappa shape index (κ1) is 17.5. The van der Waals surface area contributed by atoms with Crippen LogP contribution in [0.25, 0.3) is 0 Å². The van der Waals surface area contributed by atoms with Gasteiger partial charge in [0.2, 0.25) is 0 Å². The zero-order valence-electron chi connectivity index (χ0n) is 14.2. The van der Waals surface area contributed by atoms with Gasteiger partial charge in [-0.3, -0.25) is 0 Å². The molecule has 1 fully saturated rings. The number of aromatic nitrogens is 2. The maximum Gasteiger partial charge on any atom is 0.421 e. The highest BCUT2D eigenvalue weighted by molar-refractivity contribution is 5.65. The highest BCUT2D eigenvalue weighted by Crippen LogP contribution is 2.38. The van der Waals surface area contributed by atoms with Crippen molar-refractivity contribution in [1.29, 1.82) is 0 Å². The molecule has 0 radical (unpaired) electrons. The lowest BCUT2D eigenvalue weighted by Gasteiger charge is -2.24. The van der Waals surface area contributed by atoms with Crippen molar-refractivity contribution in [2.45, 2.75) is 44.9 Å². The number of rotatable bonds is 4. The summed E-state index contributed by atoms with van der Waals surface area (Å²) in [6.07, 6.45) is 0.122. The maximum atomic E-state index is 13.4. The smallest absolute Gasteiger partial charge is 0.421 e. The number of ether oxygens (including phenoxy) is 1. The summed E-state index contributed by atoms with van der Waals surface area (Å²) < 4.78 is 45.9. The van der Waals surface area contributed by atoms with Crippen LogP contribution in [0.4, 0.5) is 24.7 Å². The van der Waals surface area contributed by atoms with Gasteiger partial charge in [-0.15, -0.1) is 0 Å². The maximum absolute atomic E-state index is 13.4. The normalized spacial score (nSPS) is 15.4. The molecule has 2 aromatic rings. The zero-order valence-corrected chi connectivity index (χ0v) is 14.2. The Bertz CT molecular complexity index is 743. The molecule has 0 bridgehead atoms. The molecule has 25 heavy (non-hydrogen) atoms. The van der Waals surface area contributed by atoms with Gasteiger partial charge in [0.25, 0.3) is 0 Å². The minimum atomic E-state index is -4.54. The van der Waals surface area contributed by atoms with E-state index in [1.165, 1.54) is 4.90 Å². The van der Waals surface area contributed by atoms with Gasteiger partial charge in [-0.2, -0.15) is 18.2 Å². The van der Waals surface area contributed by atoms with Crippen LogP contribution in [0.5, 0.6) is 6.01 Å². The second-order valence-corrected chi connectivity index (χ2v) is 6.26. The van der Waals surface area contributed by atoms with Crippen molar-refractivity contribution in [3.8, 4) is 6.01 Å². The number of benzene rings is 1. The van der Waals surface area contributed by atoms with E-state index in [0.29, 0.717) is 5.69 Å². The van der Waals surface area contributed by atoms with Crippen LogP contribution in [0.3, 0.4) is 0 Å². The Balaban J connectivity index is 2.00. The molecule has 1 aliphatic carbocycles. The first-order valence-electron chi connectivity index (χ1n) is 8.26. The molecule has 7 heteroatoms. The predicted molar refractivity (Wildman–Crippen MR) is 89.2 cm³/mol. The highest BCUT2D eigenvalue weighted by Gasteiger charge is 2.37. The summed E-state index contributed by atoms with van der Waals surface area (Å²) in [4.78, 5) is 9.31. The summed E-state index contributed by atoms with van der Waals surface area (Å²) in [5.74, 6) is -0.204. The van der Waals surface area contributed by atoms with Crippen molar-refractivity contribution in [2.75, 3.05) is 11.9 Å². The largest absolute Gasteiger partial charge is 0.460 e. The van der Waals surface area contributed by atoms with Crippen LogP contribution in [0.2, 0.25) is 0 Å². The monoisotopic (exact) mass is 351 g/mol. The Morgan fingerprint density at radius 1 is 1.16 bits per heavy atom. The Morgan fingerprint density at radius 3 is 2.48 bits per heavy atom. The van der Waals surface area contributed by atoms with Gasteiger partial charge >= 0.3 is 12.2 Å². The van der Waals surface area contributed by atoms with Gasteiger partial charge in [-0.25, -0.2) is 4.98 Å². The van der Waals surface area contributed by atoms with E-state index in [9.17, 15) is 13.2 Å². The third-order valence-electron chi connectivity index (χ3n) is 4.42. The van der Waals surface area contributed by atoms with Gasteiger partial charge in [0.05, 0.1) is 0 Å². The fourth-order valence-corrected chi connectivity index (χ4v) is 3.08. The van der Waals surface area contributed by atoms with Crippen LogP contribution in [0.15, 0.2) is 30.5 Å². The number of para-hydroxylation sites is 1. The van der Waals surface area contributed by atoms with E-state index in [2.05, 4.69) is 9.97 Å². The minimum Gasteiger partial charge on any atom is -0.460 e. The highest BCUT2D eigenvalue weighted by atomic mass is 19.4. The quantitative estimate of drug-likeness (QED) is 0.786. The lowest BCUT2D eigenvalue weighted by atomic mass is 10.1. The molecule has 0 N–H and O–H groups in total. The van der Waals surface area contributed by atoms with E-state index < -0.39 is 11.7 Å². The van der Waals surface area contributed by atoms with Crippen LogP contribution >= 0.6 is 0 Å². The van der Waals surface area contributed by atoms with Crippen LogP contribution < -0.4 is 9.64 Å². The summed E-state index contributed by atoms with van der Waals surface area (Å²) in [6, 6.07) is 7.22. The molecule has 0 spiro atoms. The van der Waals surface area contributed by atoms with E-state index in [1.54, 1.807) is 19.2 Å². The number of alkyl halides is 3. The molecule has 1 heterocycles. The first-order valence-corrected chi connectivity index (χ1v) is 8.26. The third-order valence-corrected chi connectivity index (χ3v) is 4.42. The van der Waals surface area contributed by atoms with Crippen molar-refractivity contribution in [3.63, 3.8) is 0 Å². The molecule has 1 aliphatic rings. The average Bonchev–Trinajstić information content (AvgIpc) is 3.06. The van der Waals surface area contributed by atoms with Crippen LogP contribution in [0, 0.1) is 6.92 Å². The summed E-state index contributed by atoms with van der Waals surface area (Å²) in [5, 5.41) is 0. The standard InChI is InChI=1S/C18H20F3N3O/c1-12-7-3-6-10-15(12)24(2)16-14(18(19,20)21)11-22-17(23-16)25-13-8-4-5-9-13/h3,6-7,10-11,13H,4-5,8-9H2,1-2H3. The van der Waals surface area contributed by atoms with E-state index in [1.807, 2.05) is 19.1 Å². The van der Waals surface area contributed by atoms with Gasteiger partial charge in [-0.05, 0) is 44.2 Å². The first-order chi connectivity index (χ1) is 11.9. The molecule has 1 saturated carbocycles. The number of aryl methyl sites for hydroxylation is 1. The molecule has 0 unspecified atom stereocenters. The number of halogens is 3. The van der Waals surface area contributed by atoms with Crippen molar-refractivity contribution in [3.05, 3.63) is 41.6 Å². The number of hydrogen-bond donors (Lipinski definition) is 0. The van der Waals surface area contributed by atoms with Crippen LogP contribution in [0.1, 0.15) is 36.8 Å². The molecule has 0 amide bonds. The lowest BCUT2D eigenvalue weighted by Crippen LogP contribution is -2.21. The molecule has 0 atom stereocenters. The SMILES string of the molecule is Cc1ccccc1N(C)c1nc(OC2CCCC2)ncc1C(F)(F)F. The van der Waals surface area contributed by atoms with E-state index in [4.69, 9.17) is 4.74 Å². The Labute approximate surface area is 144 Å². The second kappa shape index (κ2) is 6.90. The lowest BCUT2D eigenvalue weighted by molar-refractivity contribution is -0.137. The van der Waals surface area contributed by atoms with Crippen molar-refractivity contribution >= 4 is 11.5 Å². The fraction of sp³-hybridized carbons (Fsp3) is 0.444. The Kier molecular flexibility index (Phi) is 4.83. The topological polar surface area (TPSA) is 38.2 Å². The van der Waals surface area contributed by atoms with Crippen molar-refractivity contribution < 1.29 is 17.9 Å². The predicted octanol–water partition coefficient (Wildman–Crippen LogP) is 4.89. The van der Waals surface area contributed by atoms with E-state index in [0.717, 1.165) is 37.4 Å². The summed E-state index contributed by atoms with van der Waals surface area (Å²) in [7, 11) is 1.57. The Hall–Kier alpha value is -2.31. The summed E-state index contributed by atoms with van der Waals surface area (Å²) >= 11 is 0. The summed E-state index contributed by atoms with van der Waals surface area (Å²) in [5.41, 5.74) is 0.630. The average molecular weight is 351 g/mol. The molecule has 0 aliphatic heterocycles. The molecular formula is C18H20F3N3O. The molecule has 1 aromatic heterocycles. The number of hydrogen-bond acceptors (Lipinski definition) is 4. The van der Waals surface area contributed by atoms with Crippen LogP contribution in [-0.2, 0) is 6.18 Å². The van der Waals surface area contributed by atoms with E-state index >= 15 is 0 Å². The molecule has 3 rings (SSSR count). The van der Waals surface area contributed by atoms with Crippen LogP contribution in [-0.4, -0.2) is 23.1 Å². The molecule has 134 valence electrons. The zero-order chi connectivity index (χ0) is 18.0. The molecule has 4 nitrogen and oxygen atoms in total. The van der Waals surface area contributed by atoms with Gasteiger partial charge in [0.1, 0.15) is 11.7 Å². The minimum absolute atomic E-state index is 0.00432. The van der Waals surface area contributed by atoms with Gasteiger partial charge in [-0.1, -0.05) is 18.2 Å². The molecule has 0 saturated heterocycles. The summed E-state index contributed by atoms with van der Waals surface area (Å²) in [6.45, 7) is 1.84. The molecular weight excluding hydrogens is 331 g/mol. The van der Waals surface area contributed by atoms with Crippen molar-refractivity contribution in [1.82, 2.24) is 9.97 Å². The second-order valence-electron chi connectivity index (χ2n) is 6.26. The van der Waals surface area contributed by atoms with E-state index in [-0.39, 0.29) is 17.9 Å². The van der Waals surface area contributed by atoms with Crippen molar-refractivity contribution in [2.24, 2.45) is 0 Å². The number of nitrogens with zero attached hydrogens (tertiary/aromatic N) is 3. The number of anilines is 2. The fourth-order valence-electron chi connectivity index (χ4n) is 3.08. The van der Waals surface area contributed by atoms with Gasteiger partial charge < -0.3 is 9.64 Å². The van der Waals surface area contributed by atoms with Gasteiger partial charge in [0.15, 0.2) is 5.82 Å². The Morgan fingerprint density at radius 2 is 1.84 bits per heavy atom. The third kappa shape index (κ3) is 3.86. The van der Waals surface area contributed by atoms with Gasteiger partial charge in [0, 0.05) is 18.9 Å².